The Morgan fingerprint density at radius 3 is 2.84 bits per heavy atom. The predicted molar refractivity (Wildman–Crippen MR) is 102 cm³/mol. The third-order valence-corrected chi connectivity index (χ3v) is 5.11. The molecular weight excluding hydrogens is 334 g/mol. The Labute approximate surface area is 150 Å². The molecular formula is C19H21N3O2S. The van der Waals surface area contributed by atoms with Crippen LogP contribution < -0.4 is 10.5 Å². The van der Waals surface area contributed by atoms with Crippen LogP contribution in [0.2, 0.25) is 0 Å². The molecule has 6 heteroatoms. The number of carbonyl (C=O) groups excluding carboxylic acids is 1. The second-order valence-corrected chi connectivity index (χ2v) is 6.96. The predicted octanol–water partition coefficient (Wildman–Crippen LogP) is 3.52. The summed E-state index contributed by atoms with van der Waals surface area (Å²) in [5, 5.41) is 2.47. The van der Waals surface area contributed by atoms with E-state index in [0.29, 0.717) is 18.5 Å². The fraction of sp³-hybridized carbons (Fsp3) is 0.316. The molecule has 3 aromatic rings. The number of amides is 1. The van der Waals surface area contributed by atoms with Gasteiger partial charge in [-0.2, -0.15) is 0 Å². The molecule has 0 radical (unpaired) electrons. The third-order valence-electron chi connectivity index (χ3n) is 4.29. The van der Waals surface area contributed by atoms with Crippen LogP contribution in [-0.2, 0) is 11.3 Å². The van der Waals surface area contributed by atoms with Crippen LogP contribution in [-0.4, -0.2) is 22.0 Å². The third kappa shape index (κ3) is 3.49. The van der Waals surface area contributed by atoms with Gasteiger partial charge in [-0.1, -0.05) is 12.1 Å². The molecule has 25 heavy (non-hydrogen) atoms. The second-order valence-electron chi connectivity index (χ2n) is 6.06. The number of fused-ring (bicyclic) bond motifs is 1. The average molecular weight is 355 g/mol. The van der Waals surface area contributed by atoms with E-state index in [9.17, 15) is 9.59 Å². The topological polar surface area (TPSA) is 55.2 Å². The van der Waals surface area contributed by atoms with Crippen LogP contribution in [0.5, 0.6) is 0 Å². The van der Waals surface area contributed by atoms with Gasteiger partial charge in [0, 0.05) is 25.2 Å². The van der Waals surface area contributed by atoms with E-state index in [2.05, 4.69) is 4.98 Å². The quantitative estimate of drug-likeness (QED) is 0.704. The zero-order chi connectivity index (χ0) is 18.0. The molecule has 0 aliphatic heterocycles. The number of anilines is 1. The van der Waals surface area contributed by atoms with Crippen molar-refractivity contribution in [3.05, 3.63) is 57.5 Å². The minimum absolute atomic E-state index is 0.00788. The number of aryl methyl sites for hydroxylation is 3. The number of aromatic nitrogens is 2. The maximum Gasteiger partial charge on any atom is 0.262 e. The van der Waals surface area contributed by atoms with Crippen LogP contribution in [0.15, 0.2) is 40.8 Å². The average Bonchev–Trinajstić information content (AvgIpc) is 3.07. The molecule has 2 heterocycles. The number of thiophene rings is 1. The first-order valence-corrected chi connectivity index (χ1v) is 9.19. The lowest BCUT2D eigenvalue weighted by molar-refractivity contribution is -0.118. The Kier molecular flexibility index (Phi) is 4.99. The molecule has 0 bridgehead atoms. The second kappa shape index (κ2) is 7.19. The van der Waals surface area contributed by atoms with Gasteiger partial charge in [-0.25, -0.2) is 4.98 Å². The lowest BCUT2D eigenvalue weighted by Crippen LogP contribution is -2.33. The van der Waals surface area contributed by atoms with Crippen molar-refractivity contribution in [3.63, 3.8) is 0 Å². The lowest BCUT2D eigenvalue weighted by atomic mass is 10.1. The van der Waals surface area contributed by atoms with Gasteiger partial charge < -0.3 is 4.90 Å². The first-order chi connectivity index (χ1) is 12.0. The van der Waals surface area contributed by atoms with Crippen molar-refractivity contribution in [2.24, 2.45) is 0 Å². The molecule has 130 valence electrons. The van der Waals surface area contributed by atoms with Gasteiger partial charge in [0.05, 0.1) is 11.7 Å². The number of hydrogen-bond donors (Lipinski definition) is 0. The van der Waals surface area contributed by atoms with E-state index in [1.807, 2.05) is 44.4 Å². The summed E-state index contributed by atoms with van der Waals surface area (Å²) < 4.78 is 1.52. The fourth-order valence-electron chi connectivity index (χ4n) is 2.89. The minimum Gasteiger partial charge on any atom is -0.312 e. The van der Waals surface area contributed by atoms with Gasteiger partial charge in [-0.3, -0.25) is 14.2 Å². The summed E-state index contributed by atoms with van der Waals surface area (Å²) in [6.45, 7) is 6.91. The van der Waals surface area contributed by atoms with Crippen molar-refractivity contribution in [2.45, 2.75) is 33.7 Å². The molecule has 0 aliphatic rings. The van der Waals surface area contributed by atoms with Gasteiger partial charge in [0.15, 0.2) is 0 Å². The van der Waals surface area contributed by atoms with Gasteiger partial charge in [0.2, 0.25) is 5.91 Å². The van der Waals surface area contributed by atoms with E-state index < -0.39 is 0 Å². The Morgan fingerprint density at radius 2 is 2.08 bits per heavy atom. The number of carbonyl (C=O) groups is 1. The summed E-state index contributed by atoms with van der Waals surface area (Å²) in [7, 11) is 0. The molecule has 3 rings (SSSR count). The fourth-order valence-corrected chi connectivity index (χ4v) is 3.62. The molecule has 5 nitrogen and oxygen atoms in total. The summed E-state index contributed by atoms with van der Waals surface area (Å²) in [6, 6.07) is 7.88. The van der Waals surface area contributed by atoms with E-state index in [4.69, 9.17) is 0 Å². The molecule has 1 aromatic carbocycles. The molecule has 0 atom stereocenters. The summed E-state index contributed by atoms with van der Waals surface area (Å²) in [5.74, 6) is 0.00788. The number of rotatable bonds is 5. The van der Waals surface area contributed by atoms with Crippen LogP contribution in [0.4, 0.5) is 5.69 Å². The van der Waals surface area contributed by atoms with Gasteiger partial charge >= 0.3 is 0 Å². The van der Waals surface area contributed by atoms with Crippen LogP contribution in [0.3, 0.4) is 0 Å². The van der Waals surface area contributed by atoms with Gasteiger partial charge in [0.25, 0.3) is 5.56 Å². The Hall–Kier alpha value is -2.47. The first kappa shape index (κ1) is 17.4. The highest BCUT2D eigenvalue weighted by molar-refractivity contribution is 7.16. The molecule has 0 unspecified atom stereocenters. The molecule has 0 saturated carbocycles. The monoisotopic (exact) mass is 355 g/mol. The lowest BCUT2D eigenvalue weighted by Gasteiger charge is -2.23. The van der Waals surface area contributed by atoms with Crippen LogP contribution >= 0.6 is 11.3 Å². The zero-order valence-electron chi connectivity index (χ0n) is 14.7. The zero-order valence-corrected chi connectivity index (χ0v) is 15.5. The smallest absolute Gasteiger partial charge is 0.262 e. The normalized spacial score (nSPS) is 11.0. The first-order valence-electron chi connectivity index (χ1n) is 8.31. The van der Waals surface area contributed by atoms with E-state index in [-0.39, 0.29) is 17.9 Å². The molecule has 0 fully saturated rings. The Morgan fingerprint density at radius 1 is 1.28 bits per heavy atom. The van der Waals surface area contributed by atoms with Crippen molar-refractivity contribution in [3.8, 4) is 0 Å². The Balaban J connectivity index is 1.79. The number of hydrogen-bond acceptors (Lipinski definition) is 4. The van der Waals surface area contributed by atoms with E-state index >= 15 is 0 Å². The SMILES string of the molecule is CCN(C(=O)CCn1cnc2sccc2c1=O)c1cc(C)ccc1C. The van der Waals surface area contributed by atoms with Crippen molar-refractivity contribution in [2.75, 3.05) is 11.4 Å². The molecule has 0 aliphatic carbocycles. The summed E-state index contributed by atoms with van der Waals surface area (Å²) >= 11 is 1.44. The van der Waals surface area contributed by atoms with Crippen molar-refractivity contribution < 1.29 is 4.79 Å². The molecule has 0 saturated heterocycles. The standard InChI is InChI=1S/C19H21N3O2S/c1-4-22(16-11-13(2)5-6-14(16)3)17(23)7-9-21-12-20-18-15(19(21)24)8-10-25-18/h5-6,8,10-12H,4,7,9H2,1-3H3. The van der Waals surface area contributed by atoms with Gasteiger partial charge in [-0.15, -0.1) is 11.3 Å². The van der Waals surface area contributed by atoms with Crippen LogP contribution in [0.25, 0.3) is 10.2 Å². The number of nitrogens with zero attached hydrogens (tertiary/aromatic N) is 3. The molecule has 0 spiro atoms. The van der Waals surface area contributed by atoms with E-state index in [1.165, 1.54) is 22.2 Å². The maximum absolute atomic E-state index is 12.7. The summed E-state index contributed by atoms with van der Waals surface area (Å²) in [6.07, 6.45) is 1.79. The number of benzene rings is 1. The van der Waals surface area contributed by atoms with Gasteiger partial charge in [-0.05, 0) is 49.4 Å². The summed E-state index contributed by atoms with van der Waals surface area (Å²) in [4.78, 5) is 31.9. The van der Waals surface area contributed by atoms with E-state index in [1.54, 1.807) is 11.0 Å². The van der Waals surface area contributed by atoms with Gasteiger partial charge in [0.1, 0.15) is 4.83 Å². The molecule has 2 aromatic heterocycles. The highest BCUT2D eigenvalue weighted by Crippen LogP contribution is 2.22. The highest BCUT2D eigenvalue weighted by atomic mass is 32.1. The molecule has 1 amide bonds. The minimum atomic E-state index is -0.0890. The van der Waals surface area contributed by atoms with Crippen molar-refractivity contribution in [1.82, 2.24) is 9.55 Å². The molecule has 0 N–H and O–H groups in total. The van der Waals surface area contributed by atoms with Crippen molar-refractivity contribution >= 4 is 33.1 Å². The summed E-state index contributed by atoms with van der Waals surface area (Å²) in [5.41, 5.74) is 3.04. The maximum atomic E-state index is 12.7. The van der Waals surface area contributed by atoms with Crippen LogP contribution in [0.1, 0.15) is 24.5 Å². The van der Waals surface area contributed by atoms with E-state index in [0.717, 1.165) is 21.6 Å². The highest BCUT2D eigenvalue weighted by Gasteiger charge is 2.16. The largest absolute Gasteiger partial charge is 0.312 e. The Bertz CT molecular complexity index is 974. The van der Waals surface area contributed by atoms with Crippen molar-refractivity contribution in [1.29, 1.82) is 0 Å². The van der Waals surface area contributed by atoms with Crippen LogP contribution in [0, 0.1) is 13.8 Å².